The van der Waals surface area contributed by atoms with Gasteiger partial charge in [-0.2, -0.15) is 0 Å². The van der Waals surface area contributed by atoms with Crippen LogP contribution in [0, 0.1) is 6.92 Å². The molecule has 0 aliphatic carbocycles. The van der Waals surface area contributed by atoms with Crippen molar-refractivity contribution in [1.82, 2.24) is 20.1 Å². The summed E-state index contributed by atoms with van der Waals surface area (Å²) in [5, 5.41) is 12.3. The molecular formula is C35H44N4O6. The third-order valence-electron chi connectivity index (χ3n) is 8.55. The van der Waals surface area contributed by atoms with Crippen LogP contribution in [-0.4, -0.2) is 76.9 Å². The molecule has 2 amide bonds. The van der Waals surface area contributed by atoms with Gasteiger partial charge in [0.1, 0.15) is 11.5 Å². The number of hydrogen-bond donors (Lipinski definition) is 2. The van der Waals surface area contributed by atoms with Crippen LogP contribution >= 0.6 is 0 Å². The number of hydrogen-bond acceptors (Lipinski definition) is 7. The number of rotatable bonds is 15. The highest BCUT2D eigenvalue weighted by atomic mass is 16.5. The lowest BCUT2D eigenvalue weighted by atomic mass is 10.0. The first-order valence-electron chi connectivity index (χ1n) is 15.9. The second-order valence-electron chi connectivity index (χ2n) is 11.7. The number of carboxylic acids is 1. The minimum atomic E-state index is -1.03. The SMILES string of the molecule is CCCC(CCNCc1ccc(Oc2ccc(OCC(=O)O)cc2)nc1C)N1C(=O)N(C2CCOCC2)C[C@H]1c1ccccc1. The summed E-state index contributed by atoms with van der Waals surface area (Å²) in [6.07, 6.45) is 4.63. The van der Waals surface area contributed by atoms with E-state index < -0.39 is 12.6 Å². The second-order valence-corrected chi connectivity index (χ2v) is 11.7. The Balaban J connectivity index is 1.18. The van der Waals surface area contributed by atoms with E-state index in [1.54, 1.807) is 24.3 Å². The summed E-state index contributed by atoms with van der Waals surface area (Å²) in [6, 6.07) is 21.6. The highest BCUT2D eigenvalue weighted by Crippen LogP contribution is 2.36. The maximum atomic E-state index is 14.0. The van der Waals surface area contributed by atoms with Crippen LogP contribution in [0.2, 0.25) is 0 Å². The molecule has 2 atom stereocenters. The minimum absolute atomic E-state index is 0.0468. The van der Waals surface area contributed by atoms with Crippen molar-refractivity contribution in [3.8, 4) is 17.4 Å². The Morgan fingerprint density at radius 2 is 1.78 bits per heavy atom. The maximum Gasteiger partial charge on any atom is 0.341 e. The van der Waals surface area contributed by atoms with Crippen molar-refractivity contribution in [2.45, 2.75) is 70.6 Å². The van der Waals surface area contributed by atoms with Gasteiger partial charge in [-0.1, -0.05) is 49.7 Å². The zero-order valence-corrected chi connectivity index (χ0v) is 26.2. The van der Waals surface area contributed by atoms with Crippen LogP contribution in [0.4, 0.5) is 4.79 Å². The Morgan fingerprint density at radius 1 is 1.04 bits per heavy atom. The fourth-order valence-electron chi connectivity index (χ4n) is 6.22. The molecule has 2 aliphatic rings. The van der Waals surface area contributed by atoms with Crippen LogP contribution in [0.1, 0.15) is 61.9 Å². The molecule has 10 nitrogen and oxygen atoms in total. The van der Waals surface area contributed by atoms with Gasteiger partial charge in [0.05, 0.1) is 6.04 Å². The number of aromatic nitrogens is 1. The average Bonchev–Trinajstić information content (AvgIpc) is 3.40. The Kier molecular flexibility index (Phi) is 11.3. The molecule has 1 unspecified atom stereocenters. The predicted octanol–water partition coefficient (Wildman–Crippen LogP) is 5.95. The van der Waals surface area contributed by atoms with Crippen LogP contribution < -0.4 is 14.8 Å². The molecule has 0 bridgehead atoms. The third kappa shape index (κ3) is 8.52. The van der Waals surface area contributed by atoms with Crippen molar-refractivity contribution in [1.29, 1.82) is 0 Å². The molecule has 5 rings (SSSR count). The molecule has 0 radical (unpaired) electrons. The zero-order valence-electron chi connectivity index (χ0n) is 26.2. The number of ether oxygens (including phenoxy) is 3. The Bertz CT molecular complexity index is 1400. The molecule has 2 aliphatic heterocycles. The van der Waals surface area contributed by atoms with E-state index in [1.807, 2.05) is 25.1 Å². The summed E-state index contributed by atoms with van der Waals surface area (Å²) in [4.78, 5) is 33.6. The summed E-state index contributed by atoms with van der Waals surface area (Å²) < 4.78 is 16.7. The van der Waals surface area contributed by atoms with E-state index in [4.69, 9.17) is 19.3 Å². The van der Waals surface area contributed by atoms with Gasteiger partial charge in [0, 0.05) is 50.1 Å². The lowest BCUT2D eigenvalue weighted by molar-refractivity contribution is -0.139. The largest absolute Gasteiger partial charge is 0.482 e. The molecule has 2 fully saturated rings. The topological polar surface area (TPSA) is 113 Å². The fraction of sp³-hybridized carbons (Fsp3) is 0.457. The van der Waals surface area contributed by atoms with Crippen LogP contribution in [0.5, 0.6) is 17.4 Å². The summed E-state index contributed by atoms with van der Waals surface area (Å²) in [5.74, 6) is 0.490. The highest BCUT2D eigenvalue weighted by molar-refractivity contribution is 5.78. The number of amides is 2. The molecule has 3 heterocycles. The smallest absolute Gasteiger partial charge is 0.341 e. The van der Waals surface area contributed by atoms with Gasteiger partial charge in [-0.3, -0.25) is 0 Å². The first-order valence-corrected chi connectivity index (χ1v) is 15.9. The molecule has 45 heavy (non-hydrogen) atoms. The zero-order chi connectivity index (χ0) is 31.6. The van der Waals surface area contributed by atoms with Crippen molar-refractivity contribution in [3.63, 3.8) is 0 Å². The summed E-state index contributed by atoms with van der Waals surface area (Å²) >= 11 is 0. The number of carboxylic acid groups (broad SMARTS) is 1. The second kappa shape index (κ2) is 15.7. The average molecular weight is 617 g/mol. The third-order valence-corrected chi connectivity index (χ3v) is 8.55. The van der Waals surface area contributed by atoms with Gasteiger partial charge >= 0.3 is 12.0 Å². The summed E-state index contributed by atoms with van der Waals surface area (Å²) in [7, 11) is 0. The molecule has 240 valence electrons. The van der Waals surface area contributed by atoms with Gasteiger partial charge in [0.15, 0.2) is 6.61 Å². The molecule has 3 aromatic rings. The maximum absolute atomic E-state index is 14.0. The van der Waals surface area contributed by atoms with Gasteiger partial charge in [0.2, 0.25) is 5.88 Å². The first-order chi connectivity index (χ1) is 21.9. The Labute approximate surface area is 265 Å². The summed E-state index contributed by atoms with van der Waals surface area (Å²) in [5.41, 5.74) is 3.15. The van der Waals surface area contributed by atoms with Gasteiger partial charge in [-0.05, 0) is 74.5 Å². The number of nitrogens with one attached hydrogen (secondary N) is 1. The van der Waals surface area contributed by atoms with Gasteiger partial charge < -0.3 is 34.4 Å². The summed E-state index contributed by atoms with van der Waals surface area (Å²) in [6.45, 7) is 7.36. The minimum Gasteiger partial charge on any atom is -0.482 e. The van der Waals surface area contributed by atoms with E-state index >= 15 is 0 Å². The predicted molar refractivity (Wildman–Crippen MR) is 171 cm³/mol. The number of carbonyl (C=O) groups is 2. The van der Waals surface area contributed by atoms with Gasteiger partial charge in [0.25, 0.3) is 0 Å². The number of pyridine rings is 1. The van der Waals surface area contributed by atoms with E-state index in [0.29, 0.717) is 37.1 Å². The van der Waals surface area contributed by atoms with E-state index in [1.165, 1.54) is 5.56 Å². The molecule has 0 spiro atoms. The van der Waals surface area contributed by atoms with Crippen molar-refractivity contribution >= 4 is 12.0 Å². The Morgan fingerprint density at radius 3 is 2.47 bits per heavy atom. The van der Waals surface area contributed by atoms with Crippen molar-refractivity contribution in [3.05, 3.63) is 83.6 Å². The molecule has 2 aromatic carbocycles. The molecular weight excluding hydrogens is 572 g/mol. The number of nitrogens with zero attached hydrogens (tertiary/aromatic N) is 3. The van der Waals surface area contributed by atoms with Crippen molar-refractivity contribution in [2.24, 2.45) is 0 Å². The van der Waals surface area contributed by atoms with Crippen LogP contribution in [0.15, 0.2) is 66.7 Å². The fourth-order valence-corrected chi connectivity index (χ4v) is 6.22. The number of benzene rings is 2. The van der Waals surface area contributed by atoms with Gasteiger partial charge in [-0.25, -0.2) is 14.6 Å². The van der Waals surface area contributed by atoms with Crippen molar-refractivity contribution in [2.75, 3.05) is 32.9 Å². The first kappa shape index (κ1) is 32.2. The van der Waals surface area contributed by atoms with E-state index in [2.05, 4.69) is 51.3 Å². The van der Waals surface area contributed by atoms with Gasteiger partial charge in [-0.15, -0.1) is 0 Å². The number of urea groups is 1. The molecule has 2 N–H and O–H groups in total. The molecule has 10 heteroatoms. The normalized spacial score (nSPS) is 17.8. The molecule has 1 aromatic heterocycles. The number of aliphatic carboxylic acids is 1. The highest BCUT2D eigenvalue weighted by Gasteiger charge is 2.44. The van der Waals surface area contributed by atoms with E-state index in [-0.39, 0.29) is 24.2 Å². The molecule has 2 saturated heterocycles. The monoisotopic (exact) mass is 616 g/mol. The standard InChI is InChI=1S/C35H44N4O6/c1-3-7-29(39-32(26-8-5-4-6-9-26)23-38(35(39)42)28-17-20-43-21-18-28)16-19-36-22-27-10-15-33(37-25(27)2)45-31-13-11-30(12-14-31)44-24-34(40)41/h4-6,8-15,28-29,32,36H,3,7,16-24H2,1-2H3,(H,40,41)/t29?,32-/m0/s1. The van der Waals surface area contributed by atoms with Crippen LogP contribution in [0.3, 0.4) is 0 Å². The number of aryl methyl sites for hydroxylation is 1. The lowest BCUT2D eigenvalue weighted by Crippen LogP contribution is -2.45. The van der Waals surface area contributed by atoms with E-state index in [9.17, 15) is 9.59 Å². The lowest BCUT2D eigenvalue weighted by Gasteiger charge is -2.34. The molecule has 0 saturated carbocycles. The quantitative estimate of drug-likeness (QED) is 0.202. The Hall–Kier alpha value is -4.15. The van der Waals surface area contributed by atoms with E-state index in [0.717, 1.165) is 56.5 Å². The number of carbonyl (C=O) groups excluding carboxylic acids is 1. The van der Waals surface area contributed by atoms with Crippen LogP contribution in [-0.2, 0) is 16.1 Å². The van der Waals surface area contributed by atoms with Crippen LogP contribution in [0.25, 0.3) is 0 Å². The van der Waals surface area contributed by atoms with Crippen molar-refractivity contribution < 1.29 is 28.9 Å².